The summed E-state index contributed by atoms with van der Waals surface area (Å²) in [6.45, 7) is 0.994. The Hall–Kier alpha value is -1.07. The molecule has 17 heavy (non-hydrogen) atoms. The molecule has 0 spiro atoms. The summed E-state index contributed by atoms with van der Waals surface area (Å²) in [5, 5.41) is 2.67. The van der Waals surface area contributed by atoms with E-state index in [2.05, 4.69) is 5.32 Å². The van der Waals surface area contributed by atoms with Gasteiger partial charge < -0.3 is 10.2 Å². The van der Waals surface area contributed by atoms with Crippen molar-refractivity contribution in [2.45, 2.75) is 13.0 Å². The van der Waals surface area contributed by atoms with E-state index >= 15 is 0 Å². The van der Waals surface area contributed by atoms with Gasteiger partial charge in [0.15, 0.2) is 0 Å². The lowest BCUT2D eigenvalue weighted by Gasteiger charge is -2.19. The average molecular weight is 273 g/mol. The number of nitrogens with zero attached hydrogens (tertiary/aromatic N) is 1. The molecule has 0 aromatic carbocycles. The molecule has 1 aromatic heterocycles. The van der Waals surface area contributed by atoms with E-state index in [1.165, 1.54) is 11.3 Å². The number of carbonyl (C=O) groups excluding carboxylic acids is 2. The van der Waals surface area contributed by atoms with Crippen LogP contribution in [0.15, 0.2) is 12.1 Å². The van der Waals surface area contributed by atoms with E-state index in [-0.39, 0.29) is 17.7 Å². The van der Waals surface area contributed by atoms with Gasteiger partial charge in [0.25, 0.3) is 0 Å². The standard InChI is InChI=1S/C11H13ClN2O2S/c1-14(6-8-2-3-9(12)17-8)11(16)7-4-10(15)13-5-7/h2-3,7H,4-6H2,1H3,(H,13,15). The van der Waals surface area contributed by atoms with Crippen molar-refractivity contribution in [1.29, 1.82) is 0 Å². The van der Waals surface area contributed by atoms with Crippen LogP contribution in [0, 0.1) is 5.92 Å². The zero-order valence-corrected chi connectivity index (χ0v) is 11.0. The van der Waals surface area contributed by atoms with Crippen LogP contribution in [-0.4, -0.2) is 30.3 Å². The summed E-state index contributed by atoms with van der Waals surface area (Å²) in [5.41, 5.74) is 0. The van der Waals surface area contributed by atoms with Gasteiger partial charge in [0.05, 0.1) is 16.8 Å². The first-order valence-corrected chi connectivity index (χ1v) is 6.51. The Morgan fingerprint density at radius 1 is 1.65 bits per heavy atom. The van der Waals surface area contributed by atoms with Gasteiger partial charge in [-0.1, -0.05) is 11.6 Å². The van der Waals surface area contributed by atoms with Gasteiger partial charge in [-0.25, -0.2) is 0 Å². The highest BCUT2D eigenvalue weighted by atomic mass is 35.5. The summed E-state index contributed by atoms with van der Waals surface area (Å²) in [5.74, 6) is -0.258. The molecule has 4 nitrogen and oxygen atoms in total. The van der Waals surface area contributed by atoms with Crippen LogP contribution in [0.25, 0.3) is 0 Å². The number of carbonyl (C=O) groups is 2. The quantitative estimate of drug-likeness (QED) is 0.906. The first-order valence-electron chi connectivity index (χ1n) is 5.32. The minimum absolute atomic E-state index is 0.00729. The first kappa shape index (κ1) is 12.4. The van der Waals surface area contributed by atoms with Gasteiger partial charge in [0.2, 0.25) is 11.8 Å². The van der Waals surface area contributed by atoms with E-state index < -0.39 is 0 Å². The third-order valence-electron chi connectivity index (χ3n) is 2.72. The maximum atomic E-state index is 12.0. The number of halogens is 1. The maximum Gasteiger partial charge on any atom is 0.228 e. The highest BCUT2D eigenvalue weighted by Crippen LogP contribution is 2.23. The lowest BCUT2D eigenvalue weighted by atomic mass is 10.1. The van der Waals surface area contributed by atoms with Crippen molar-refractivity contribution < 1.29 is 9.59 Å². The maximum absolute atomic E-state index is 12.0. The molecule has 92 valence electrons. The van der Waals surface area contributed by atoms with Crippen molar-refractivity contribution in [3.63, 3.8) is 0 Å². The molecule has 2 rings (SSSR count). The fourth-order valence-electron chi connectivity index (χ4n) is 1.84. The lowest BCUT2D eigenvalue weighted by Crippen LogP contribution is -2.33. The van der Waals surface area contributed by atoms with Gasteiger partial charge in [0, 0.05) is 24.9 Å². The van der Waals surface area contributed by atoms with Crippen LogP contribution >= 0.6 is 22.9 Å². The SMILES string of the molecule is CN(Cc1ccc(Cl)s1)C(=O)C1CNC(=O)C1. The predicted octanol–water partition coefficient (Wildman–Crippen LogP) is 1.50. The van der Waals surface area contributed by atoms with E-state index in [0.29, 0.717) is 19.5 Å². The van der Waals surface area contributed by atoms with E-state index in [1.807, 2.05) is 12.1 Å². The topological polar surface area (TPSA) is 49.4 Å². The molecule has 6 heteroatoms. The Kier molecular flexibility index (Phi) is 3.69. The molecule has 2 heterocycles. The van der Waals surface area contributed by atoms with Crippen molar-refractivity contribution in [3.05, 3.63) is 21.3 Å². The molecule has 0 radical (unpaired) electrons. The van der Waals surface area contributed by atoms with Gasteiger partial charge in [-0.2, -0.15) is 0 Å². The van der Waals surface area contributed by atoms with Crippen molar-refractivity contribution in [2.24, 2.45) is 5.92 Å². The number of hydrogen-bond donors (Lipinski definition) is 1. The second kappa shape index (κ2) is 5.06. The molecule has 1 aromatic rings. The van der Waals surface area contributed by atoms with E-state index in [0.717, 1.165) is 9.21 Å². The van der Waals surface area contributed by atoms with Crippen molar-refractivity contribution in [2.75, 3.05) is 13.6 Å². The van der Waals surface area contributed by atoms with Crippen molar-refractivity contribution >= 4 is 34.8 Å². The Bertz CT molecular complexity index is 446. The summed E-state index contributed by atoms with van der Waals surface area (Å²) in [7, 11) is 1.75. The number of nitrogens with one attached hydrogen (secondary N) is 1. The third kappa shape index (κ3) is 2.98. The molecule has 1 fully saturated rings. The second-order valence-electron chi connectivity index (χ2n) is 4.11. The fraction of sp³-hybridized carbons (Fsp3) is 0.455. The number of rotatable bonds is 3. The molecule has 1 N–H and O–H groups in total. The monoisotopic (exact) mass is 272 g/mol. The summed E-state index contributed by atoms with van der Waals surface area (Å²) in [6.07, 6.45) is 0.300. The smallest absolute Gasteiger partial charge is 0.228 e. The summed E-state index contributed by atoms with van der Waals surface area (Å²) >= 11 is 7.30. The summed E-state index contributed by atoms with van der Waals surface area (Å²) < 4.78 is 0.721. The zero-order chi connectivity index (χ0) is 12.4. The molecule has 1 saturated heterocycles. The van der Waals surface area contributed by atoms with Gasteiger partial charge in [0.1, 0.15) is 0 Å². The molecular weight excluding hydrogens is 260 g/mol. The third-order valence-corrected chi connectivity index (χ3v) is 3.94. The molecular formula is C11H13ClN2O2S. The van der Waals surface area contributed by atoms with Crippen molar-refractivity contribution in [3.8, 4) is 0 Å². The molecule has 0 saturated carbocycles. The summed E-state index contributed by atoms with van der Waals surface area (Å²) in [4.78, 5) is 25.7. The van der Waals surface area contributed by atoms with Crippen LogP contribution in [0.4, 0.5) is 0 Å². The molecule has 0 bridgehead atoms. The van der Waals surface area contributed by atoms with Crippen LogP contribution in [-0.2, 0) is 16.1 Å². The minimum atomic E-state index is -0.220. The van der Waals surface area contributed by atoms with Crippen molar-refractivity contribution in [1.82, 2.24) is 10.2 Å². The van der Waals surface area contributed by atoms with E-state index in [1.54, 1.807) is 11.9 Å². The van der Waals surface area contributed by atoms with Gasteiger partial charge in [-0.15, -0.1) is 11.3 Å². The van der Waals surface area contributed by atoms with Crippen LogP contribution < -0.4 is 5.32 Å². The molecule has 1 aliphatic rings. The largest absolute Gasteiger partial charge is 0.355 e. The van der Waals surface area contributed by atoms with Crippen LogP contribution in [0.5, 0.6) is 0 Å². The fourth-order valence-corrected chi connectivity index (χ4v) is 2.98. The Morgan fingerprint density at radius 3 is 2.94 bits per heavy atom. The number of thiophene rings is 1. The summed E-state index contributed by atoms with van der Waals surface area (Å²) in [6, 6.07) is 3.73. The molecule has 1 unspecified atom stereocenters. The van der Waals surface area contributed by atoms with E-state index in [9.17, 15) is 9.59 Å². The Morgan fingerprint density at radius 2 is 2.41 bits per heavy atom. The normalized spacial score (nSPS) is 19.2. The number of hydrogen-bond acceptors (Lipinski definition) is 3. The molecule has 1 aliphatic heterocycles. The van der Waals surface area contributed by atoms with Crippen LogP contribution in [0.2, 0.25) is 4.34 Å². The first-order chi connectivity index (χ1) is 8.06. The van der Waals surface area contributed by atoms with Crippen LogP contribution in [0.1, 0.15) is 11.3 Å². The second-order valence-corrected chi connectivity index (χ2v) is 5.90. The molecule has 1 atom stereocenters. The highest BCUT2D eigenvalue weighted by molar-refractivity contribution is 7.16. The van der Waals surface area contributed by atoms with Gasteiger partial charge >= 0.3 is 0 Å². The molecule has 2 amide bonds. The number of amides is 2. The van der Waals surface area contributed by atoms with Crippen LogP contribution in [0.3, 0.4) is 0 Å². The van der Waals surface area contributed by atoms with Gasteiger partial charge in [-0.3, -0.25) is 9.59 Å². The Labute approximate surface area is 109 Å². The minimum Gasteiger partial charge on any atom is -0.355 e. The van der Waals surface area contributed by atoms with E-state index in [4.69, 9.17) is 11.6 Å². The van der Waals surface area contributed by atoms with Gasteiger partial charge in [-0.05, 0) is 12.1 Å². The lowest BCUT2D eigenvalue weighted by molar-refractivity contribution is -0.135. The predicted molar refractivity (Wildman–Crippen MR) is 66.9 cm³/mol. The molecule has 0 aliphatic carbocycles. The Balaban J connectivity index is 1.93. The zero-order valence-electron chi connectivity index (χ0n) is 9.40. The highest BCUT2D eigenvalue weighted by Gasteiger charge is 2.30. The average Bonchev–Trinajstić information content (AvgIpc) is 2.87.